The van der Waals surface area contributed by atoms with Gasteiger partial charge in [-0.05, 0) is 83.5 Å². The van der Waals surface area contributed by atoms with E-state index in [9.17, 15) is 9.59 Å². The summed E-state index contributed by atoms with van der Waals surface area (Å²) in [5.74, 6) is -0.455. The van der Waals surface area contributed by atoms with Crippen molar-refractivity contribution in [1.82, 2.24) is 0 Å². The van der Waals surface area contributed by atoms with Crippen LogP contribution in [-0.4, -0.2) is 37.9 Å². The third kappa shape index (κ3) is 52.0. The largest absolute Gasteiger partial charge is 0.462 e. The Morgan fingerprint density at radius 1 is 0.359 bits per heavy atom. The molecule has 0 rings (SSSR count). The van der Waals surface area contributed by atoms with E-state index in [1.807, 2.05) is 0 Å². The second-order valence-electron chi connectivity index (χ2n) is 18.1. The van der Waals surface area contributed by atoms with Crippen LogP contribution in [-0.2, 0) is 23.8 Å². The first-order valence-corrected chi connectivity index (χ1v) is 27.5. The normalized spacial score (nSPS) is 12.7. The summed E-state index contributed by atoms with van der Waals surface area (Å²) < 4.78 is 17.4. The fourth-order valence-corrected chi connectivity index (χ4v) is 7.66. The van der Waals surface area contributed by atoms with E-state index in [1.54, 1.807) is 0 Å². The molecule has 370 valence electrons. The van der Waals surface area contributed by atoms with Gasteiger partial charge < -0.3 is 14.2 Å². The van der Waals surface area contributed by atoms with Gasteiger partial charge in [0.15, 0.2) is 6.10 Å². The number of carbonyl (C=O) groups is 2. The van der Waals surface area contributed by atoms with Crippen molar-refractivity contribution in [3.05, 3.63) is 72.9 Å². The zero-order valence-corrected chi connectivity index (χ0v) is 42.5. The molecule has 0 saturated heterocycles. The second kappa shape index (κ2) is 54.7. The van der Waals surface area contributed by atoms with E-state index in [0.717, 1.165) is 96.3 Å². The van der Waals surface area contributed by atoms with Gasteiger partial charge in [0.1, 0.15) is 6.61 Å². The van der Waals surface area contributed by atoms with Crippen molar-refractivity contribution in [1.29, 1.82) is 0 Å². The zero-order chi connectivity index (χ0) is 46.3. The third-order valence-corrected chi connectivity index (χ3v) is 11.7. The number of rotatable bonds is 50. The topological polar surface area (TPSA) is 61.8 Å². The molecule has 0 aliphatic heterocycles. The molecule has 0 saturated carbocycles. The maximum absolute atomic E-state index is 12.8. The Morgan fingerprint density at radius 2 is 0.734 bits per heavy atom. The lowest BCUT2D eigenvalue weighted by molar-refractivity contribution is -0.163. The highest BCUT2D eigenvalue weighted by molar-refractivity contribution is 5.70. The highest BCUT2D eigenvalue weighted by Crippen LogP contribution is 2.16. The smallest absolute Gasteiger partial charge is 0.306 e. The van der Waals surface area contributed by atoms with Gasteiger partial charge in [0, 0.05) is 19.4 Å². The minimum absolute atomic E-state index is 0.0581. The zero-order valence-electron chi connectivity index (χ0n) is 42.5. The highest BCUT2D eigenvalue weighted by Gasteiger charge is 2.17. The molecule has 5 heteroatoms. The summed E-state index contributed by atoms with van der Waals surface area (Å²) in [5, 5.41) is 0. The van der Waals surface area contributed by atoms with Crippen molar-refractivity contribution in [2.24, 2.45) is 0 Å². The molecule has 0 N–H and O–H groups in total. The van der Waals surface area contributed by atoms with Gasteiger partial charge in [-0.3, -0.25) is 9.59 Å². The Hall–Kier alpha value is -2.66. The fourth-order valence-electron chi connectivity index (χ4n) is 7.66. The molecule has 5 nitrogen and oxygen atoms in total. The van der Waals surface area contributed by atoms with Crippen LogP contribution in [0.1, 0.15) is 265 Å². The lowest BCUT2D eigenvalue weighted by Gasteiger charge is -2.18. The molecule has 0 spiro atoms. The predicted molar refractivity (Wildman–Crippen MR) is 279 cm³/mol. The quantitative estimate of drug-likeness (QED) is 0.0346. The second-order valence-corrected chi connectivity index (χ2v) is 18.1. The summed E-state index contributed by atoms with van der Waals surface area (Å²) in [6, 6.07) is 0. The Labute approximate surface area is 397 Å². The van der Waals surface area contributed by atoms with Crippen LogP contribution in [0.2, 0.25) is 0 Å². The van der Waals surface area contributed by atoms with Gasteiger partial charge in [-0.1, -0.05) is 241 Å². The Morgan fingerprint density at radius 3 is 1.22 bits per heavy atom. The Bertz CT molecular complexity index is 1150. The van der Waals surface area contributed by atoms with Crippen molar-refractivity contribution in [3.63, 3.8) is 0 Å². The van der Waals surface area contributed by atoms with Crippen LogP contribution in [0.15, 0.2) is 72.9 Å². The van der Waals surface area contributed by atoms with E-state index in [-0.39, 0.29) is 25.2 Å². The molecular weight excluding hydrogens is 789 g/mol. The van der Waals surface area contributed by atoms with Gasteiger partial charge in [-0.25, -0.2) is 0 Å². The molecule has 0 radical (unpaired) electrons. The molecule has 1 atom stereocenters. The van der Waals surface area contributed by atoms with Gasteiger partial charge in [0.05, 0.1) is 6.61 Å². The predicted octanol–water partition coefficient (Wildman–Crippen LogP) is 18.7. The Kier molecular flexibility index (Phi) is 52.4. The van der Waals surface area contributed by atoms with Crippen LogP contribution >= 0.6 is 0 Å². The van der Waals surface area contributed by atoms with Gasteiger partial charge in [0.2, 0.25) is 0 Å². The molecule has 1 unspecified atom stereocenters. The molecule has 0 aromatic carbocycles. The summed E-state index contributed by atoms with van der Waals surface area (Å²) in [5.41, 5.74) is 0. The number of hydrogen-bond acceptors (Lipinski definition) is 5. The van der Waals surface area contributed by atoms with Crippen molar-refractivity contribution in [2.75, 3.05) is 19.8 Å². The summed E-state index contributed by atoms with van der Waals surface area (Å²) in [6.45, 7) is 7.62. The van der Waals surface area contributed by atoms with E-state index >= 15 is 0 Å². The van der Waals surface area contributed by atoms with E-state index in [0.29, 0.717) is 19.4 Å². The first-order chi connectivity index (χ1) is 31.6. The van der Waals surface area contributed by atoms with Gasteiger partial charge in [0.25, 0.3) is 0 Å². The number of allylic oxidation sites excluding steroid dienone is 12. The summed E-state index contributed by atoms with van der Waals surface area (Å²) >= 11 is 0. The van der Waals surface area contributed by atoms with Crippen molar-refractivity contribution >= 4 is 11.9 Å². The molecule has 0 fully saturated rings. The van der Waals surface area contributed by atoms with Crippen LogP contribution in [0.5, 0.6) is 0 Å². The Balaban J connectivity index is 4.28. The number of unbranched alkanes of at least 4 members (excludes halogenated alkanes) is 27. The first kappa shape index (κ1) is 61.3. The molecule has 0 amide bonds. The maximum atomic E-state index is 12.8. The maximum Gasteiger partial charge on any atom is 0.306 e. The van der Waals surface area contributed by atoms with Crippen molar-refractivity contribution in [3.8, 4) is 0 Å². The first-order valence-electron chi connectivity index (χ1n) is 27.5. The third-order valence-electron chi connectivity index (χ3n) is 11.7. The highest BCUT2D eigenvalue weighted by atomic mass is 16.6. The number of carbonyl (C=O) groups excluding carboxylic acids is 2. The molecule has 0 aliphatic carbocycles. The van der Waals surface area contributed by atoms with Crippen LogP contribution in [0.25, 0.3) is 0 Å². The monoisotopic (exact) mass is 893 g/mol. The van der Waals surface area contributed by atoms with Crippen LogP contribution < -0.4 is 0 Å². The molecular formula is C59H104O5. The summed E-state index contributed by atoms with van der Waals surface area (Å²) in [6.07, 6.45) is 70.7. The van der Waals surface area contributed by atoms with Gasteiger partial charge >= 0.3 is 11.9 Å². The average Bonchev–Trinajstić information content (AvgIpc) is 3.30. The van der Waals surface area contributed by atoms with Crippen LogP contribution in [0.4, 0.5) is 0 Å². The minimum Gasteiger partial charge on any atom is -0.462 e. The van der Waals surface area contributed by atoms with E-state index in [2.05, 4.69) is 93.7 Å². The average molecular weight is 893 g/mol. The lowest BCUT2D eigenvalue weighted by Crippen LogP contribution is -2.30. The molecule has 0 aromatic heterocycles. The van der Waals surface area contributed by atoms with E-state index < -0.39 is 6.10 Å². The summed E-state index contributed by atoms with van der Waals surface area (Å²) in [7, 11) is 0. The van der Waals surface area contributed by atoms with Crippen molar-refractivity contribution in [2.45, 2.75) is 271 Å². The molecule has 0 aliphatic rings. The van der Waals surface area contributed by atoms with Gasteiger partial charge in [-0.2, -0.15) is 0 Å². The van der Waals surface area contributed by atoms with Crippen molar-refractivity contribution < 1.29 is 23.8 Å². The number of esters is 2. The number of hydrogen-bond donors (Lipinski definition) is 0. The molecule has 0 bridgehead atoms. The van der Waals surface area contributed by atoms with Gasteiger partial charge in [-0.15, -0.1) is 0 Å². The van der Waals surface area contributed by atoms with Crippen LogP contribution in [0.3, 0.4) is 0 Å². The van der Waals surface area contributed by atoms with Crippen LogP contribution in [0, 0.1) is 0 Å². The van der Waals surface area contributed by atoms with E-state index in [1.165, 1.54) is 135 Å². The lowest BCUT2D eigenvalue weighted by atomic mass is 10.0. The fraction of sp³-hybridized carbons (Fsp3) is 0.763. The SMILES string of the molecule is CC/C=C\C/C=C\C/C=C\C/C=C\CCCCC(=O)OCC(COCCCCCCCCCCCCCCCCCCCCCC)OC(=O)CCCCCCC/C=C\C/C=C\CCC. The molecule has 0 heterocycles. The molecule has 0 aromatic rings. The minimum atomic E-state index is -0.561. The summed E-state index contributed by atoms with van der Waals surface area (Å²) in [4.78, 5) is 25.4. The molecule has 64 heavy (non-hydrogen) atoms. The van der Waals surface area contributed by atoms with E-state index in [4.69, 9.17) is 14.2 Å². The number of ether oxygens (including phenoxy) is 3. The standard InChI is InChI=1S/C59H104O5/c1-4-7-10-13-16-19-22-25-27-28-29-30-31-33-36-39-42-45-48-51-54-62-55-57(64-59(61)53-50-47-44-41-38-34-24-21-18-15-12-9-6-3)56-63-58(60)52-49-46-43-40-37-35-32-26-23-20-17-14-11-8-5-2/h8,11-12,15,17,20-21,24,26,32,37,40,57H,4-7,9-10,13-14,16,18-19,22-23,25,27-31,33-36,38-39,41-56H2,1-3H3/b11-8-,15-12-,20-17-,24-21-,32-26-,40-37-.